The van der Waals surface area contributed by atoms with Crippen molar-refractivity contribution in [2.45, 2.75) is 54.9 Å². The average molecular weight is 240 g/mol. The lowest BCUT2D eigenvalue weighted by Crippen LogP contribution is -2.08. The Morgan fingerprint density at radius 1 is 1.12 bits per heavy atom. The Morgan fingerprint density at radius 2 is 1.47 bits per heavy atom. The minimum absolute atomic E-state index is 0.882. The molecule has 0 unspecified atom stereocenters. The smallest absolute Gasteiger partial charge is 0.0519 e. The van der Waals surface area contributed by atoms with Gasteiger partial charge in [0.15, 0.2) is 0 Å². The molecule has 2 nitrogen and oxygen atoms in total. The van der Waals surface area contributed by atoms with Crippen LogP contribution < -0.4 is 5.43 Å². The molecule has 0 amide bonds. The maximum Gasteiger partial charge on any atom is 0.0519 e. The third kappa shape index (κ3) is 25.2. The van der Waals surface area contributed by atoms with Gasteiger partial charge >= 0.3 is 0 Å². The molecule has 0 saturated heterocycles. The second-order valence-electron chi connectivity index (χ2n) is 2.43. The lowest BCUT2D eigenvalue weighted by Gasteiger charge is -2.06. The fourth-order valence-electron chi connectivity index (χ4n) is 0.453. The van der Waals surface area contributed by atoms with Crippen LogP contribution in [-0.4, -0.2) is 6.21 Å². The summed E-state index contributed by atoms with van der Waals surface area (Å²) in [7, 11) is 0. The first-order valence-corrected chi connectivity index (χ1v) is 6.37. The fraction of sp³-hybridized carbons (Fsp3) is 0.533. The number of nitrogens with zero attached hydrogens (tertiary/aromatic N) is 1. The molecular weight excluding hydrogens is 208 g/mol. The average Bonchev–Trinajstić information content (AvgIpc) is 2.41. The van der Waals surface area contributed by atoms with Gasteiger partial charge in [-0.1, -0.05) is 54.5 Å². The molecular formula is C15H32N2. The van der Waals surface area contributed by atoms with Crippen molar-refractivity contribution < 1.29 is 0 Å². The van der Waals surface area contributed by atoms with E-state index in [0.717, 1.165) is 11.3 Å². The molecule has 1 heterocycles. The molecule has 0 bridgehead atoms. The van der Waals surface area contributed by atoms with Gasteiger partial charge in [0.2, 0.25) is 0 Å². The van der Waals surface area contributed by atoms with E-state index in [2.05, 4.69) is 44.1 Å². The Morgan fingerprint density at radius 3 is 1.65 bits per heavy atom. The summed E-state index contributed by atoms with van der Waals surface area (Å²) in [4.78, 5) is 0. The summed E-state index contributed by atoms with van der Waals surface area (Å²) in [6.07, 6.45) is 4.88. The summed E-state index contributed by atoms with van der Waals surface area (Å²) in [5, 5.41) is 3.76. The molecule has 0 spiro atoms. The van der Waals surface area contributed by atoms with Crippen LogP contribution in [-0.2, 0) is 0 Å². The molecule has 2 heteroatoms. The largest absolute Gasteiger partial charge is 0.279 e. The topological polar surface area (TPSA) is 24.4 Å². The Hall–Kier alpha value is -1.31. The number of hydrogen-bond acceptors (Lipinski definition) is 2. The molecule has 1 N–H and O–H groups in total. The van der Waals surface area contributed by atoms with Gasteiger partial charge in [0.05, 0.1) is 5.70 Å². The van der Waals surface area contributed by atoms with Crippen molar-refractivity contribution in [3.63, 3.8) is 0 Å². The first-order chi connectivity index (χ1) is 8.22. The maximum atomic E-state index is 3.76. The summed E-state index contributed by atoms with van der Waals surface area (Å²) in [6.45, 7) is 23.9. The Bertz CT molecular complexity index is 191. The Kier molecular flexibility index (Phi) is 42.7. The van der Waals surface area contributed by atoms with Crippen molar-refractivity contribution in [2.75, 3.05) is 0 Å². The van der Waals surface area contributed by atoms with Crippen LogP contribution in [0.5, 0.6) is 0 Å². The van der Waals surface area contributed by atoms with Crippen LogP contribution in [0.15, 0.2) is 42.2 Å². The predicted molar refractivity (Wildman–Crippen MR) is 84.4 cm³/mol. The van der Waals surface area contributed by atoms with Crippen molar-refractivity contribution in [2.24, 2.45) is 5.10 Å². The van der Waals surface area contributed by atoms with E-state index >= 15 is 0 Å². The monoisotopic (exact) mass is 240 g/mol. The summed E-state index contributed by atoms with van der Waals surface area (Å²) in [5.41, 5.74) is 4.76. The van der Waals surface area contributed by atoms with Crippen LogP contribution in [0.4, 0.5) is 0 Å². The van der Waals surface area contributed by atoms with Crippen LogP contribution >= 0.6 is 0 Å². The SMILES string of the molecule is C=C.C=C1NN=CC=C1C.CC.CC.CCC. The molecule has 0 fully saturated rings. The molecule has 0 saturated carbocycles. The van der Waals surface area contributed by atoms with E-state index in [-0.39, 0.29) is 0 Å². The van der Waals surface area contributed by atoms with Gasteiger partial charge in [-0.25, -0.2) is 0 Å². The summed E-state index contributed by atoms with van der Waals surface area (Å²) < 4.78 is 0. The van der Waals surface area contributed by atoms with E-state index in [1.165, 1.54) is 6.42 Å². The van der Waals surface area contributed by atoms with E-state index in [1.54, 1.807) is 6.21 Å². The number of rotatable bonds is 0. The fourth-order valence-corrected chi connectivity index (χ4v) is 0.453. The second-order valence-corrected chi connectivity index (χ2v) is 2.43. The van der Waals surface area contributed by atoms with E-state index in [9.17, 15) is 0 Å². The molecule has 0 aromatic carbocycles. The molecule has 102 valence electrons. The molecule has 1 aliphatic rings. The molecule has 17 heavy (non-hydrogen) atoms. The quantitative estimate of drug-likeness (QED) is 0.570. The highest BCUT2D eigenvalue weighted by Gasteiger charge is 1.94. The maximum absolute atomic E-state index is 3.76. The van der Waals surface area contributed by atoms with Crippen molar-refractivity contribution in [3.8, 4) is 0 Å². The van der Waals surface area contributed by atoms with Crippen molar-refractivity contribution in [1.29, 1.82) is 0 Å². The van der Waals surface area contributed by atoms with Gasteiger partial charge in [-0.05, 0) is 18.6 Å². The molecule has 0 atom stereocenters. The van der Waals surface area contributed by atoms with Gasteiger partial charge in [0, 0.05) is 6.21 Å². The lowest BCUT2D eigenvalue weighted by molar-refractivity contribution is 0.898. The molecule has 0 aliphatic carbocycles. The minimum atomic E-state index is 0.882. The predicted octanol–water partition coefficient (Wildman–Crippen LogP) is 5.31. The molecule has 0 aromatic rings. The van der Waals surface area contributed by atoms with Crippen LogP contribution in [0.2, 0.25) is 0 Å². The summed E-state index contributed by atoms with van der Waals surface area (Å²) >= 11 is 0. The van der Waals surface area contributed by atoms with Crippen LogP contribution in [0.3, 0.4) is 0 Å². The zero-order chi connectivity index (χ0) is 14.7. The van der Waals surface area contributed by atoms with Crippen LogP contribution in [0, 0.1) is 0 Å². The van der Waals surface area contributed by atoms with Gasteiger partial charge < -0.3 is 0 Å². The zero-order valence-corrected chi connectivity index (χ0v) is 12.9. The molecule has 0 radical (unpaired) electrons. The Balaban J connectivity index is -0.0000000801. The standard InChI is InChI=1S/C6H8N2.C3H8.2C2H6.C2H4/c1-5-3-4-7-8-6(5)2;1-3-2;3*1-2/h3-4,8H,2H2,1H3;3H2,1-2H3;2*1-2H3;1-2H2. The minimum Gasteiger partial charge on any atom is -0.279 e. The Labute approximate surface area is 109 Å². The third-order valence-electron chi connectivity index (χ3n) is 1.07. The zero-order valence-electron chi connectivity index (χ0n) is 12.9. The van der Waals surface area contributed by atoms with Crippen molar-refractivity contribution >= 4 is 6.21 Å². The highest BCUT2D eigenvalue weighted by atomic mass is 15.3. The number of hydrazone groups is 1. The summed E-state index contributed by atoms with van der Waals surface area (Å²) in [5.74, 6) is 0. The van der Waals surface area contributed by atoms with Crippen molar-refractivity contribution in [3.05, 3.63) is 37.1 Å². The van der Waals surface area contributed by atoms with E-state index in [0.29, 0.717) is 0 Å². The van der Waals surface area contributed by atoms with Gasteiger partial charge in [-0.3, -0.25) is 5.43 Å². The number of allylic oxidation sites excluding steroid dienone is 2. The van der Waals surface area contributed by atoms with Crippen LogP contribution in [0.1, 0.15) is 54.9 Å². The van der Waals surface area contributed by atoms with Gasteiger partial charge in [-0.2, -0.15) is 5.10 Å². The van der Waals surface area contributed by atoms with Gasteiger partial charge in [-0.15, -0.1) is 13.2 Å². The number of hydrogen-bond donors (Lipinski definition) is 1. The molecule has 0 aromatic heterocycles. The van der Waals surface area contributed by atoms with Gasteiger partial charge in [0.1, 0.15) is 0 Å². The van der Waals surface area contributed by atoms with E-state index in [4.69, 9.17) is 0 Å². The second kappa shape index (κ2) is 29.3. The normalized spacial score (nSPS) is 10.3. The summed E-state index contributed by atoms with van der Waals surface area (Å²) in [6, 6.07) is 0. The first-order valence-electron chi connectivity index (χ1n) is 6.37. The number of nitrogens with one attached hydrogen (secondary N) is 1. The highest BCUT2D eigenvalue weighted by Crippen LogP contribution is 2.03. The van der Waals surface area contributed by atoms with Crippen molar-refractivity contribution in [1.82, 2.24) is 5.43 Å². The van der Waals surface area contributed by atoms with Gasteiger partial charge in [0.25, 0.3) is 0 Å². The van der Waals surface area contributed by atoms with E-state index < -0.39 is 0 Å². The van der Waals surface area contributed by atoms with E-state index in [1.807, 2.05) is 40.7 Å². The lowest BCUT2D eigenvalue weighted by atomic mass is 10.2. The third-order valence-corrected chi connectivity index (χ3v) is 1.07. The highest BCUT2D eigenvalue weighted by molar-refractivity contribution is 5.74. The first kappa shape index (κ1) is 24.8. The molecule has 1 rings (SSSR count). The molecule has 1 aliphatic heterocycles. The van der Waals surface area contributed by atoms with Crippen LogP contribution in [0.25, 0.3) is 0 Å².